The van der Waals surface area contributed by atoms with Crippen molar-refractivity contribution < 1.29 is 19.4 Å². The molecule has 0 spiro atoms. The van der Waals surface area contributed by atoms with Crippen molar-refractivity contribution in [2.75, 3.05) is 0 Å². The molecule has 4 heteroatoms. The van der Waals surface area contributed by atoms with Gasteiger partial charge in [0.2, 0.25) is 0 Å². The van der Waals surface area contributed by atoms with Gasteiger partial charge >= 0.3 is 11.9 Å². The molecular formula is C42H82O4. The summed E-state index contributed by atoms with van der Waals surface area (Å²) in [6, 6.07) is 0. The number of ether oxygens (including phenoxy) is 1. The predicted molar refractivity (Wildman–Crippen MR) is 200 cm³/mol. The van der Waals surface area contributed by atoms with E-state index in [1.807, 2.05) is 0 Å². The van der Waals surface area contributed by atoms with Gasteiger partial charge in [0.15, 0.2) is 0 Å². The van der Waals surface area contributed by atoms with Crippen LogP contribution in [-0.2, 0) is 14.3 Å². The Labute approximate surface area is 288 Å². The second kappa shape index (κ2) is 38.4. The number of unbranched alkanes of at least 4 members (excludes halogenated alkanes) is 30. The second-order valence-electron chi connectivity index (χ2n) is 14.5. The van der Waals surface area contributed by atoms with E-state index in [1.54, 1.807) is 0 Å². The zero-order valence-electron chi connectivity index (χ0n) is 31.4. The standard InChI is InChI=1S/C42H82O4/c1-3-5-7-9-11-12-13-14-15-16-17-18-19-20-21-22-27-31-35-39-42(45)46-40(36-32-28-24-10-8-6-4-2)37-33-29-25-23-26-30-34-38-41(43)44/h40H,3-39H2,1-2H3,(H,43,44). The Morgan fingerprint density at radius 3 is 0.957 bits per heavy atom. The summed E-state index contributed by atoms with van der Waals surface area (Å²) in [5, 5.41) is 8.76. The third-order valence-electron chi connectivity index (χ3n) is 9.83. The molecule has 0 aliphatic carbocycles. The highest BCUT2D eigenvalue weighted by Gasteiger charge is 2.14. The smallest absolute Gasteiger partial charge is 0.306 e. The van der Waals surface area contributed by atoms with Crippen molar-refractivity contribution in [1.29, 1.82) is 0 Å². The molecule has 1 atom stereocenters. The molecule has 0 bridgehead atoms. The molecule has 0 aliphatic heterocycles. The number of carboxylic acid groups (broad SMARTS) is 1. The summed E-state index contributed by atoms with van der Waals surface area (Å²) >= 11 is 0. The van der Waals surface area contributed by atoms with E-state index in [4.69, 9.17) is 9.84 Å². The van der Waals surface area contributed by atoms with Gasteiger partial charge in [-0.1, -0.05) is 200 Å². The summed E-state index contributed by atoms with van der Waals surface area (Å²) in [5.41, 5.74) is 0. The van der Waals surface area contributed by atoms with Crippen molar-refractivity contribution in [3.63, 3.8) is 0 Å². The first-order valence-electron chi connectivity index (χ1n) is 21.0. The SMILES string of the molecule is CCCCCCCCCCCCCCCCCCCCCC(=O)OC(CCCCCCCCC)CCCCCCCCCC(=O)O. The van der Waals surface area contributed by atoms with Gasteiger partial charge in [0.05, 0.1) is 0 Å². The second-order valence-corrected chi connectivity index (χ2v) is 14.5. The lowest BCUT2D eigenvalue weighted by Gasteiger charge is -2.18. The Morgan fingerprint density at radius 1 is 0.391 bits per heavy atom. The van der Waals surface area contributed by atoms with Crippen molar-refractivity contribution in [1.82, 2.24) is 0 Å². The highest BCUT2D eigenvalue weighted by molar-refractivity contribution is 5.69. The van der Waals surface area contributed by atoms with Gasteiger partial charge in [0, 0.05) is 12.8 Å². The van der Waals surface area contributed by atoms with E-state index in [9.17, 15) is 9.59 Å². The van der Waals surface area contributed by atoms with Crippen molar-refractivity contribution in [3.8, 4) is 0 Å². The minimum absolute atomic E-state index is 0.0263. The zero-order chi connectivity index (χ0) is 33.6. The van der Waals surface area contributed by atoms with E-state index >= 15 is 0 Å². The number of aliphatic carboxylic acids is 1. The Bertz CT molecular complexity index is 619. The number of rotatable bonds is 39. The molecule has 4 nitrogen and oxygen atoms in total. The van der Waals surface area contributed by atoms with E-state index in [1.165, 1.54) is 173 Å². The Kier molecular flexibility index (Phi) is 37.5. The van der Waals surface area contributed by atoms with Gasteiger partial charge < -0.3 is 9.84 Å². The van der Waals surface area contributed by atoms with Crippen LogP contribution in [-0.4, -0.2) is 23.1 Å². The summed E-state index contributed by atoms with van der Waals surface area (Å²) in [4.78, 5) is 23.3. The molecule has 0 rings (SSSR count). The van der Waals surface area contributed by atoms with Gasteiger partial charge in [-0.15, -0.1) is 0 Å². The predicted octanol–water partition coefficient (Wildman–Crippen LogP) is 14.5. The summed E-state index contributed by atoms with van der Waals surface area (Å²) in [5.74, 6) is -0.657. The van der Waals surface area contributed by atoms with Crippen molar-refractivity contribution >= 4 is 11.9 Å². The molecule has 1 unspecified atom stereocenters. The number of esters is 1. The van der Waals surface area contributed by atoms with Crippen LogP contribution in [0.15, 0.2) is 0 Å². The van der Waals surface area contributed by atoms with E-state index in [0.717, 1.165) is 51.4 Å². The topological polar surface area (TPSA) is 63.6 Å². The summed E-state index contributed by atoms with van der Waals surface area (Å²) in [7, 11) is 0. The first-order chi connectivity index (χ1) is 22.6. The monoisotopic (exact) mass is 651 g/mol. The molecule has 0 saturated carbocycles. The van der Waals surface area contributed by atoms with E-state index in [-0.39, 0.29) is 12.1 Å². The maximum Gasteiger partial charge on any atom is 0.306 e. The normalized spacial score (nSPS) is 12.0. The van der Waals surface area contributed by atoms with Crippen LogP contribution in [0.2, 0.25) is 0 Å². The first-order valence-corrected chi connectivity index (χ1v) is 21.0. The molecule has 274 valence electrons. The van der Waals surface area contributed by atoms with Crippen molar-refractivity contribution in [2.24, 2.45) is 0 Å². The highest BCUT2D eigenvalue weighted by Crippen LogP contribution is 2.19. The molecule has 0 aromatic rings. The quantitative estimate of drug-likeness (QED) is 0.0531. The van der Waals surface area contributed by atoms with Crippen molar-refractivity contribution in [2.45, 2.75) is 258 Å². The van der Waals surface area contributed by atoms with Crippen LogP contribution in [0.1, 0.15) is 251 Å². The van der Waals surface area contributed by atoms with Crippen LogP contribution in [0, 0.1) is 0 Å². The van der Waals surface area contributed by atoms with Crippen LogP contribution in [0.25, 0.3) is 0 Å². The molecular weight excluding hydrogens is 568 g/mol. The van der Waals surface area contributed by atoms with Gasteiger partial charge in [0.1, 0.15) is 6.10 Å². The number of hydrogen-bond donors (Lipinski definition) is 1. The molecule has 0 aromatic carbocycles. The van der Waals surface area contributed by atoms with Gasteiger partial charge in [-0.05, 0) is 38.5 Å². The Balaban J connectivity index is 3.82. The fraction of sp³-hybridized carbons (Fsp3) is 0.952. The molecule has 0 heterocycles. The third-order valence-corrected chi connectivity index (χ3v) is 9.83. The summed E-state index contributed by atoms with van der Waals surface area (Å²) in [6.07, 6.45) is 45.7. The van der Waals surface area contributed by atoms with E-state index < -0.39 is 5.97 Å². The Morgan fingerprint density at radius 2 is 0.652 bits per heavy atom. The fourth-order valence-corrected chi connectivity index (χ4v) is 6.72. The fourth-order valence-electron chi connectivity index (χ4n) is 6.72. The van der Waals surface area contributed by atoms with Crippen LogP contribution in [0.5, 0.6) is 0 Å². The highest BCUT2D eigenvalue weighted by atomic mass is 16.5. The molecule has 0 aromatic heterocycles. The molecule has 0 saturated heterocycles. The average Bonchev–Trinajstić information content (AvgIpc) is 3.04. The molecule has 1 N–H and O–H groups in total. The van der Waals surface area contributed by atoms with Crippen LogP contribution < -0.4 is 0 Å². The molecule has 0 amide bonds. The van der Waals surface area contributed by atoms with Crippen LogP contribution >= 0.6 is 0 Å². The maximum atomic E-state index is 12.7. The first kappa shape index (κ1) is 44.9. The average molecular weight is 651 g/mol. The number of carboxylic acids is 1. The van der Waals surface area contributed by atoms with Crippen LogP contribution in [0.4, 0.5) is 0 Å². The Hall–Kier alpha value is -1.06. The largest absolute Gasteiger partial charge is 0.481 e. The number of carbonyl (C=O) groups excluding carboxylic acids is 1. The summed E-state index contributed by atoms with van der Waals surface area (Å²) < 4.78 is 6.02. The van der Waals surface area contributed by atoms with E-state index in [2.05, 4.69) is 13.8 Å². The third kappa shape index (κ3) is 37.4. The number of carbonyl (C=O) groups is 2. The lowest BCUT2D eigenvalue weighted by Crippen LogP contribution is -2.18. The maximum absolute atomic E-state index is 12.7. The van der Waals surface area contributed by atoms with Crippen LogP contribution in [0.3, 0.4) is 0 Å². The van der Waals surface area contributed by atoms with Gasteiger partial charge in [-0.3, -0.25) is 9.59 Å². The van der Waals surface area contributed by atoms with Gasteiger partial charge in [-0.25, -0.2) is 0 Å². The lowest BCUT2D eigenvalue weighted by molar-refractivity contribution is -0.150. The molecule has 46 heavy (non-hydrogen) atoms. The van der Waals surface area contributed by atoms with E-state index in [0.29, 0.717) is 12.8 Å². The zero-order valence-corrected chi connectivity index (χ0v) is 31.4. The van der Waals surface area contributed by atoms with Gasteiger partial charge in [-0.2, -0.15) is 0 Å². The summed E-state index contributed by atoms with van der Waals surface area (Å²) in [6.45, 7) is 4.56. The van der Waals surface area contributed by atoms with Crippen molar-refractivity contribution in [3.05, 3.63) is 0 Å². The lowest BCUT2D eigenvalue weighted by atomic mass is 10.0. The minimum atomic E-state index is -0.683. The number of hydrogen-bond acceptors (Lipinski definition) is 3. The van der Waals surface area contributed by atoms with Gasteiger partial charge in [0.25, 0.3) is 0 Å². The molecule has 0 radical (unpaired) electrons. The molecule has 0 fully saturated rings. The molecule has 0 aliphatic rings. The minimum Gasteiger partial charge on any atom is -0.481 e.